The quantitative estimate of drug-likeness (QED) is 0.859. The molecule has 1 aromatic carbocycles. The van der Waals surface area contributed by atoms with Gasteiger partial charge in [-0.05, 0) is 68.0 Å². The number of nitrogens with one attached hydrogen (secondary N) is 1. The van der Waals surface area contributed by atoms with Gasteiger partial charge in [0.25, 0.3) is 0 Å². The Bertz CT molecular complexity index is 434. The predicted molar refractivity (Wildman–Crippen MR) is 85.4 cm³/mol. The Morgan fingerprint density at radius 1 is 1.00 bits per heavy atom. The first-order valence-electron chi connectivity index (χ1n) is 7.57. The maximum Gasteiger partial charge on any atom is 0.0424 e. The van der Waals surface area contributed by atoms with E-state index in [1.54, 1.807) is 6.07 Å². The monoisotopic (exact) mass is 312 g/mol. The second-order valence-electron chi connectivity index (χ2n) is 6.27. The Labute approximate surface area is 131 Å². The summed E-state index contributed by atoms with van der Waals surface area (Å²) in [5, 5.41) is 4.93. The highest BCUT2D eigenvalue weighted by Gasteiger charge is 2.26. The largest absolute Gasteiger partial charge is 0.316 e. The second-order valence-corrected chi connectivity index (χ2v) is 7.15. The molecule has 1 saturated heterocycles. The minimum absolute atomic E-state index is 0.737. The van der Waals surface area contributed by atoms with Crippen LogP contribution in [0.2, 0.25) is 10.0 Å². The number of benzene rings is 1. The van der Waals surface area contributed by atoms with Gasteiger partial charge in [0.2, 0.25) is 0 Å². The van der Waals surface area contributed by atoms with Crippen LogP contribution >= 0.6 is 23.2 Å². The molecule has 0 unspecified atom stereocenters. The van der Waals surface area contributed by atoms with Crippen molar-refractivity contribution in [1.29, 1.82) is 0 Å². The van der Waals surface area contributed by atoms with E-state index >= 15 is 0 Å². The van der Waals surface area contributed by atoms with Gasteiger partial charge >= 0.3 is 0 Å². The summed E-state index contributed by atoms with van der Waals surface area (Å²) in [6.45, 7) is 5.71. The molecule has 1 aliphatic heterocycles. The smallest absolute Gasteiger partial charge is 0.0424 e. The van der Waals surface area contributed by atoms with E-state index in [0.717, 1.165) is 35.0 Å². The molecule has 0 radical (unpaired) electrons. The third-order valence-corrected chi connectivity index (χ3v) is 4.66. The van der Waals surface area contributed by atoms with E-state index < -0.39 is 0 Å². The van der Waals surface area contributed by atoms with E-state index in [9.17, 15) is 0 Å². The van der Waals surface area contributed by atoms with Crippen LogP contribution in [0.25, 0.3) is 0 Å². The van der Waals surface area contributed by atoms with Crippen LogP contribution in [-0.4, -0.2) is 31.1 Å². The lowest BCUT2D eigenvalue weighted by molar-refractivity contribution is 0.220. The van der Waals surface area contributed by atoms with Crippen LogP contribution in [-0.2, 0) is 6.54 Å². The lowest BCUT2D eigenvalue weighted by Crippen LogP contribution is -2.32. The lowest BCUT2D eigenvalue weighted by atomic mass is 10.1. The van der Waals surface area contributed by atoms with E-state index in [1.165, 1.54) is 44.5 Å². The molecular formula is C16H22Cl2N2. The molecule has 1 saturated carbocycles. The van der Waals surface area contributed by atoms with Crippen LogP contribution in [0.1, 0.15) is 24.8 Å². The van der Waals surface area contributed by atoms with E-state index in [4.69, 9.17) is 23.2 Å². The maximum atomic E-state index is 6.11. The van der Waals surface area contributed by atoms with Gasteiger partial charge in [0, 0.05) is 29.7 Å². The first-order valence-corrected chi connectivity index (χ1v) is 8.32. The zero-order valence-corrected chi connectivity index (χ0v) is 13.3. The fraction of sp³-hybridized carbons (Fsp3) is 0.625. The van der Waals surface area contributed by atoms with Crippen molar-refractivity contribution in [2.45, 2.75) is 25.8 Å². The molecule has 1 heterocycles. The summed E-state index contributed by atoms with van der Waals surface area (Å²) in [4.78, 5) is 2.59. The SMILES string of the molecule is Clc1cc(Cl)cc(CN(CC2CC2)C[C@@H]2CCNC2)c1. The van der Waals surface area contributed by atoms with Gasteiger partial charge in [-0.15, -0.1) is 0 Å². The van der Waals surface area contributed by atoms with E-state index in [-0.39, 0.29) is 0 Å². The fourth-order valence-electron chi connectivity index (χ4n) is 3.07. The normalized spacial score (nSPS) is 22.6. The molecule has 2 aliphatic rings. The first kappa shape index (κ1) is 14.6. The summed E-state index contributed by atoms with van der Waals surface area (Å²) < 4.78 is 0. The van der Waals surface area contributed by atoms with Crippen LogP contribution in [0.15, 0.2) is 18.2 Å². The van der Waals surface area contributed by atoms with Crippen molar-refractivity contribution in [1.82, 2.24) is 10.2 Å². The summed E-state index contributed by atoms with van der Waals surface area (Å²) in [5.41, 5.74) is 1.23. The minimum Gasteiger partial charge on any atom is -0.316 e. The predicted octanol–water partition coefficient (Wildman–Crippen LogP) is 3.81. The lowest BCUT2D eigenvalue weighted by Gasteiger charge is -2.25. The molecule has 0 bridgehead atoms. The zero-order valence-electron chi connectivity index (χ0n) is 11.7. The Hall–Kier alpha value is -0.280. The number of hydrogen-bond acceptors (Lipinski definition) is 2. The average molecular weight is 313 g/mol. The highest BCUT2D eigenvalue weighted by atomic mass is 35.5. The Kier molecular flexibility index (Phi) is 4.87. The average Bonchev–Trinajstić information content (AvgIpc) is 3.02. The van der Waals surface area contributed by atoms with Crippen molar-refractivity contribution in [3.05, 3.63) is 33.8 Å². The molecule has 110 valence electrons. The van der Waals surface area contributed by atoms with Gasteiger partial charge in [-0.1, -0.05) is 23.2 Å². The van der Waals surface area contributed by atoms with Crippen LogP contribution in [0.4, 0.5) is 0 Å². The standard InChI is InChI=1S/C16H22Cl2N2/c17-15-5-14(6-16(18)7-15)11-20(9-12-1-2-12)10-13-3-4-19-8-13/h5-7,12-13,19H,1-4,8-11H2/t13-/m1/s1. The minimum atomic E-state index is 0.737. The van der Waals surface area contributed by atoms with Crippen molar-refractivity contribution in [3.8, 4) is 0 Å². The van der Waals surface area contributed by atoms with Crippen LogP contribution in [0.3, 0.4) is 0 Å². The number of hydrogen-bond donors (Lipinski definition) is 1. The van der Waals surface area contributed by atoms with Crippen molar-refractivity contribution < 1.29 is 0 Å². The highest BCUT2D eigenvalue weighted by Crippen LogP contribution is 2.31. The Morgan fingerprint density at radius 2 is 1.70 bits per heavy atom. The van der Waals surface area contributed by atoms with Gasteiger partial charge < -0.3 is 5.32 Å². The summed E-state index contributed by atoms with van der Waals surface area (Å²) in [7, 11) is 0. The van der Waals surface area contributed by atoms with Gasteiger partial charge in [0.05, 0.1) is 0 Å². The van der Waals surface area contributed by atoms with E-state index in [2.05, 4.69) is 10.2 Å². The van der Waals surface area contributed by atoms with Gasteiger partial charge in [-0.2, -0.15) is 0 Å². The molecule has 20 heavy (non-hydrogen) atoms. The third kappa shape index (κ3) is 4.36. The van der Waals surface area contributed by atoms with Crippen LogP contribution < -0.4 is 5.32 Å². The van der Waals surface area contributed by atoms with Gasteiger partial charge in [0.1, 0.15) is 0 Å². The zero-order chi connectivity index (χ0) is 13.9. The molecule has 1 aromatic rings. The molecule has 1 N–H and O–H groups in total. The number of rotatable bonds is 6. The molecule has 1 atom stereocenters. The molecule has 3 rings (SSSR count). The molecule has 1 aliphatic carbocycles. The molecular weight excluding hydrogens is 291 g/mol. The van der Waals surface area contributed by atoms with Gasteiger partial charge in [-0.25, -0.2) is 0 Å². The van der Waals surface area contributed by atoms with Gasteiger partial charge in [0.15, 0.2) is 0 Å². The molecule has 0 spiro atoms. The second kappa shape index (κ2) is 6.65. The third-order valence-electron chi connectivity index (χ3n) is 4.22. The molecule has 0 aromatic heterocycles. The Morgan fingerprint density at radius 3 is 2.30 bits per heavy atom. The number of halogens is 2. The van der Waals surface area contributed by atoms with E-state index in [1.807, 2.05) is 12.1 Å². The fourth-order valence-corrected chi connectivity index (χ4v) is 3.64. The van der Waals surface area contributed by atoms with Crippen molar-refractivity contribution >= 4 is 23.2 Å². The summed E-state index contributed by atoms with van der Waals surface area (Å²) in [6, 6.07) is 5.89. The molecule has 2 nitrogen and oxygen atoms in total. The molecule has 4 heteroatoms. The topological polar surface area (TPSA) is 15.3 Å². The van der Waals surface area contributed by atoms with Crippen LogP contribution in [0, 0.1) is 11.8 Å². The van der Waals surface area contributed by atoms with Gasteiger partial charge in [-0.3, -0.25) is 4.90 Å². The molecule has 2 fully saturated rings. The van der Waals surface area contributed by atoms with Crippen molar-refractivity contribution in [3.63, 3.8) is 0 Å². The van der Waals surface area contributed by atoms with Crippen molar-refractivity contribution in [2.75, 3.05) is 26.2 Å². The highest BCUT2D eigenvalue weighted by molar-refractivity contribution is 6.34. The molecule has 0 amide bonds. The van der Waals surface area contributed by atoms with Crippen molar-refractivity contribution in [2.24, 2.45) is 11.8 Å². The first-order chi connectivity index (χ1) is 9.69. The van der Waals surface area contributed by atoms with E-state index in [0.29, 0.717) is 0 Å². The Balaban J connectivity index is 1.64. The summed E-state index contributed by atoms with van der Waals surface area (Å²) in [6.07, 6.45) is 4.10. The maximum absolute atomic E-state index is 6.11. The summed E-state index contributed by atoms with van der Waals surface area (Å²) >= 11 is 12.2. The van der Waals surface area contributed by atoms with Crippen LogP contribution in [0.5, 0.6) is 0 Å². The number of nitrogens with zero attached hydrogens (tertiary/aromatic N) is 1. The summed E-state index contributed by atoms with van der Waals surface area (Å²) in [5.74, 6) is 1.71.